The van der Waals surface area contributed by atoms with E-state index in [0.717, 1.165) is 23.6 Å². The molecular weight excluding hydrogens is 286 g/mol. The zero-order valence-corrected chi connectivity index (χ0v) is 13.7. The highest BCUT2D eigenvalue weighted by atomic mass is 19.3. The van der Waals surface area contributed by atoms with Crippen LogP contribution in [0.25, 0.3) is 0 Å². The average Bonchev–Trinajstić information content (AvgIpc) is 2.46. The minimum Gasteiger partial charge on any atom is -0.491 e. The first-order valence-electron chi connectivity index (χ1n) is 8.04. The van der Waals surface area contributed by atoms with Crippen LogP contribution in [0.3, 0.4) is 0 Å². The number of aryl methyl sites for hydroxylation is 1. The second-order valence-corrected chi connectivity index (χ2v) is 6.45. The van der Waals surface area contributed by atoms with Gasteiger partial charge in [-0.1, -0.05) is 6.92 Å². The summed E-state index contributed by atoms with van der Waals surface area (Å²) in [4.78, 5) is 6.68. The van der Waals surface area contributed by atoms with E-state index in [9.17, 15) is 8.78 Å². The molecule has 1 fully saturated rings. The Morgan fingerprint density at radius 3 is 2.55 bits per heavy atom. The van der Waals surface area contributed by atoms with Crippen molar-refractivity contribution in [2.45, 2.75) is 51.5 Å². The molecule has 0 amide bonds. The van der Waals surface area contributed by atoms with Gasteiger partial charge in [0.15, 0.2) is 0 Å². The molecule has 1 aliphatic rings. The van der Waals surface area contributed by atoms with E-state index in [-0.39, 0.29) is 18.8 Å². The fraction of sp³-hybridized carbons (Fsp3) is 0.706. The van der Waals surface area contributed by atoms with E-state index in [0.29, 0.717) is 26.0 Å². The maximum Gasteiger partial charge on any atom is 0.248 e. The van der Waals surface area contributed by atoms with Gasteiger partial charge in [-0.15, -0.1) is 0 Å². The Bertz CT molecular complexity index is 482. The molecule has 3 nitrogen and oxygen atoms in total. The predicted molar refractivity (Wildman–Crippen MR) is 83.4 cm³/mol. The molecule has 0 N–H and O–H groups in total. The Labute approximate surface area is 131 Å². The minimum atomic E-state index is -2.48. The second kappa shape index (κ2) is 7.36. The summed E-state index contributed by atoms with van der Waals surface area (Å²) >= 11 is 0. The lowest BCUT2D eigenvalue weighted by Crippen LogP contribution is -2.27. The summed E-state index contributed by atoms with van der Waals surface area (Å²) in [6.07, 6.45) is 1.93. The van der Waals surface area contributed by atoms with Gasteiger partial charge < -0.3 is 9.64 Å². The van der Waals surface area contributed by atoms with Crippen LogP contribution in [-0.4, -0.2) is 36.5 Å². The van der Waals surface area contributed by atoms with E-state index in [1.807, 2.05) is 26.2 Å². The maximum absolute atomic E-state index is 13.2. The lowest BCUT2D eigenvalue weighted by molar-refractivity contribution is -0.0499. The molecule has 0 bridgehead atoms. The third-order valence-corrected chi connectivity index (χ3v) is 4.13. The molecule has 124 valence electrons. The molecule has 0 radical (unpaired) electrons. The number of rotatable bonds is 6. The highest BCUT2D eigenvalue weighted by Gasteiger charge is 2.35. The van der Waals surface area contributed by atoms with E-state index < -0.39 is 5.92 Å². The van der Waals surface area contributed by atoms with Gasteiger partial charge in [0, 0.05) is 25.1 Å². The molecule has 1 aromatic heterocycles. The van der Waals surface area contributed by atoms with Crippen molar-refractivity contribution >= 4 is 0 Å². The number of hydrogen-bond donors (Lipinski definition) is 0. The van der Waals surface area contributed by atoms with Crippen LogP contribution < -0.4 is 4.74 Å². The highest BCUT2D eigenvalue weighted by Crippen LogP contribution is 2.36. The molecular formula is C17H26F2N2O. The van der Waals surface area contributed by atoms with Crippen LogP contribution in [0, 0.1) is 5.92 Å². The summed E-state index contributed by atoms with van der Waals surface area (Å²) in [5, 5.41) is 0. The van der Waals surface area contributed by atoms with Crippen molar-refractivity contribution in [1.82, 2.24) is 9.88 Å². The van der Waals surface area contributed by atoms with Crippen molar-refractivity contribution in [2.24, 2.45) is 5.92 Å². The summed E-state index contributed by atoms with van der Waals surface area (Å²) < 4.78 is 32.3. The SMILES string of the molecule is CCc1ccc(OCC2CCC(F)(F)CC2)c(CN(C)C)n1. The Kier molecular flexibility index (Phi) is 5.73. The third-order valence-electron chi connectivity index (χ3n) is 4.13. The van der Waals surface area contributed by atoms with Crippen LogP contribution in [0.1, 0.15) is 44.0 Å². The number of nitrogens with zero attached hydrogens (tertiary/aromatic N) is 2. The molecule has 0 spiro atoms. The van der Waals surface area contributed by atoms with Crippen LogP contribution in [0.2, 0.25) is 0 Å². The first-order chi connectivity index (χ1) is 10.4. The molecule has 2 rings (SSSR count). The van der Waals surface area contributed by atoms with Gasteiger partial charge in [-0.05, 0) is 51.4 Å². The van der Waals surface area contributed by atoms with Crippen molar-refractivity contribution in [1.29, 1.82) is 0 Å². The molecule has 1 heterocycles. The van der Waals surface area contributed by atoms with Gasteiger partial charge in [0.2, 0.25) is 5.92 Å². The largest absolute Gasteiger partial charge is 0.491 e. The van der Waals surface area contributed by atoms with E-state index in [1.54, 1.807) is 0 Å². The number of aromatic nitrogens is 1. The lowest BCUT2D eigenvalue weighted by atomic mass is 9.87. The van der Waals surface area contributed by atoms with Gasteiger partial charge in [0.25, 0.3) is 0 Å². The number of hydrogen-bond acceptors (Lipinski definition) is 3. The van der Waals surface area contributed by atoms with Crippen molar-refractivity contribution in [2.75, 3.05) is 20.7 Å². The monoisotopic (exact) mass is 312 g/mol. The number of alkyl halides is 2. The quantitative estimate of drug-likeness (QED) is 0.796. The highest BCUT2D eigenvalue weighted by molar-refractivity contribution is 5.29. The second-order valence-electron chi connectivity index (χ2n) is 6.45. The fourth-order valence-corrected chi connectivity index (χ4v) is 2.75. The van der Waals surface area contributed by atoms with Gasteiger partial charge in [0.1, 0.15) is 5.75 Å². The number of ether oxygens (including phenoxy) is 1. The van der Waals surface area contributed by atoms with Crippen molar-refractivity contribution in [3.05, 3.63) is 23.5 Å². The molecule has 0 aromatic carbocycles. The zero-order valence-electron chi connectivity index (χ0n) is 13.7. The van der Waals surface area contributed by atoms with Gasteiger partial charge in [0.05, 0.1) is 12.3 Å². The molecule has 1 saturated carbocycles. The molecule has 0 saturated heterocycles. The fourth-order valence-electron chi connectivity index (χ4n) is 2.75. The first-order valence-corrected chi connectivity index (χ1v) is 8.04. The van der Waals surface area contributed by atoms with E-state index in [1.165, 1.54) is 0 Å². The van der Waals surface area contributed by atoms with Gasteiger partial charge in [-0.25, -0.2) is 8.78 Å². The van der Waals surface area contributed by atoms with Crippen LogP contribution in [0.4, 0.5) is 8.78 Å². The predicted octanol–water partition coefficient (Wildman–Crippen LogP) is 3.91. The topological polar surface area (TPSA) is 25.4 Å². The standard InChI is InChI=1S/C17H26F2N2O/c1-4-14-5-6-16(15(20-14)11-21(2)3)22-12-13-7-9-17(18,19)10-8-13/h5-6,13H,4,7-12H2,1-3H3. The molecule has 1 aliphatic carbocycles. The van der Waals surface area contributed by atoms with E-state index >= 15 is 0 Å². The number of pyridine rings is 1. The summed E-state index contributed by atoms with van der Waals surface area (Å²) in [5.74, 6) is -1.47. The van der Waals surface area contributed by atoms with Crippen LogP contribution >= 0.6 is 0 Å². The third kappa shape index (κ3) is 4.90. The summed E-state index contributed by atoms with van der Waals surface area (Å²) in [6, 6.07) is 3.94. The van der Waals surface area contributed by atoms with Gasteiger partial charge in [-0.2, -0.15) is 0 Å². The van der Waals surface area contributed by atoms with Crippen LogP contribution in [-0.2, 0) is 13.0 Å². The Morgan fingerprint density at radius 1 is 1.27 bits per heavy atom. The summed E-state index contributed by atoms with van der Waals surface area (Å²) in [7, 11) is 3.99. The maximum atomic E-state index is 13.2. The molecule has 0 unspecified atom stereocenters. The van der Waals surface area contributed by atoms with Gasteiger partial charge >= 0.3 is 0 Å². The molecule has 1 aromatic rings. The zero-order chi connectivity index (χ0) is 16.2. The molecule has 22 heavy (non-hydrogen) atoms. The smallest absolute Gasteiger partial charge is 0.248 e. The first kappa shape index (κ1) is 17.1. The minimum absolute atomic E-state index is 0.0153. The van der Waals surface area contributed by atoms with Crippen LogP contribution in [0.15, 0.2) is 12.1 Å². The van der Waals surface area contributed by atoms with Crippen molar-refractivity contribution < 1.29 is 13.5 Å². The van der Waals surface area contributed by atoms with Crippen molar-refractivity contribution in [3.8, 4) is 5.75 Å². The average molecular weight is 312 g/mol. The lowest BCUT2D eigenvalue weighted by Gasteiger charge is -2.28. The van der Waals surface area contributed by atoms with E-state index in [2.05, 4.69) is 16.8 Å². The Morgan fingerprint density at radius 2 is 1.95 bits per heavy atom. The van der Waals surface area contributed by atoms with E-state index in [4.69, 9.17) is 4.74 Å². The molecule has 0 aliphatic heterocycles. The molecule has 0 atom stereocenters. The summed E-state index contributed by atoms with van der Waals surface area (Å²) in [6.45, 7) is 3.29. The summed E-state index contributed by atoms with van der Waals surface area (Å²) in [5.41, 5.74) is 1.96. The molecule has 5 heteroatoms. The Hall–Kier alpha value is -1.23. The van der Waals surface area contributed by atoms with Gasteiger partial charge in [-0.3, -0.25) is 4.98 Å². The van der Waals surface area contributed by atoms with Crippen molar-refractivity contribution in [3.63, 3.8) is 0 Å². The normalized spacial score (nSPS) is 18.6. The van der Waals surface area contributed by atoms with Crippen LogP contribution in [0.5, 0.6) is 5.75 Å². The Balaban J connectivity index is 1.97. The number of halogens is 2.